The van der Waals surface area contributed by atoms with Gasteiger partial charge in [-0.2, -0.15) is 32.0 Å². The molecule has 0 bridgehead atoms. The summed E-state index contributed by atoms with van der Waals surface area (Å²) in [4.78, 5) is 22.8. The molecule has 0 radical (unpaired) electrons. The third kappa shape index (κ3) is 6.22. The van der Waals surface area contributed by atoms with Crippen molar-refractivity contribution in [2.45, 2.75) is 65.8 Å². The van der Waals surface area contributed by atoms with Gasteiger partial charge in [0.1, 0.15) is 23.7 Å². The molecule has 1 amide bonds. The number of aliphatic hydroxyl groups excluding tert-OH is 1. The Bertz CT molecular complexity index is 993. The molecule has 1 aliphatic carbocycles. The van der Waals surface area contributed by atoms with Gasteiger partial charge < -0.3 is 25.4 Å². The fourth-order valence-corrected chi connectivity index (χ4v) is 3.78. The molecule has 12 heteroatoms. The van der Waals surface area contributed by atoms with Crippen LogP contribution in [0.3, 0.4) is 0 Å². The molecule has 2 heterocycles. The number of nitrogens with zero attached hydrogens (tertiary/aromatic N) is 3. The lowest BCUT2D eigenvalue weighted by atomic mass is 9.89. The summed E-state index contributed by atoms with van der Waals surface area (Å²) in [6.07, 6.45) is 0.159. The van der Waals surface area contributed by atoms with Gasteiger partial charge in [0, 0.05) is 32.0 Å². The molecule has 3 N–H and O–H groups in total. The number of rotatable bonds is 5. The number of benzene rings is 1. The molecule has 1 aliphatic heterocycles. The zero-order valence-corrected chi connectivity index (χ0v) is 19.8. The van der Waals surface area contributed by atoms with E-state index in [1.54, 1.807) is 25.8 Å². The van der Waals surface area contributed by atoms with Crippen LogP contribution < -0.4 is 20.3 Å². The summed E-state index contributed by atoms with van der Waals surface area (Å²) in [5.74, 6) is -0.725. The van der Waals surface area contributed by atoms with Gasteiger partial charge in [-0.25, -0.2) is 13.8 Å². The minimum absolute atomic E-state index is 0. The lowest BCUT2D eigenvalue weighted by molar-refractivity contribution is -0.119. The number of likely N-dealkylation sites (N-methyl/N-ethyl adjacent to an activating group) is 1. The molecule has 0 spiro atoms. The van der Waals surface area contributed by atoms with Crippen molar-refractivity contribution in [2.75, 3.05) is 22.6 Å². The lowest BCUT2D eigenvalue weighted by Gasteiger charge is -2.38. The summed E-state index contributed by atoms with van der Waals surface area (Å²) in [6, 6.07) is 2.53. The van der Waals surface area contributed by atoms with E-state index >= 15 is 0 Å². The monoisotopic (exact) mass is 519 g/mol. The average molecular weight is 520 g/mol. The summed E-state index contributed by atoms with van der Waals surface area (Å²) in [5, 5.41) is 15.9. The fourth-order valence-electron chi connectivity index (χ4n) is 3.78. The second-order valence-corrected chi connectivity index (χ2v) is 7.74. The Labute approximate surface area is 213 Å². The molecule has 2 aliphatic rings. The Balaban J connectivity index is 0.00000272. The maximum absolute atomic E-state index is 13.7. The van der Waals surface area contributed by atoms with Gasteiger partial charge in [-0.15, -0.1) is 0 Å². The third-order valence-corrected chi connectivity index (χ3v) is 5.41. The van der Waals surface area contributed by atoms with Gasteiger partial charge in [0.2, 0.25) is 11.9 Å². The van der Waals surface area contributed by atoms with Crippen LogP contribution in [0.15, 0.2) is 18.2 Å². The van der Waals surface area contributed by atoms with Gasteiger partial charge in [0.15, 0.2) is 17.4 Å². The molecule has 2 aromatic rings. The summed E-state index contributed by atoms with van der Waals surface area (Å²) in [5.41, 5.74) is 1.12. The van der Waals surface area contributed by atoms with Gasteiger partial charge >= 0.3 is 0 Å². The van der Waals surface area contributed by atoms with Crippen molar-refractivity contribution in [3.05, 3.63) is 35.5 Å². The number of aliphatic hydroxyl groups is 1. The normalized spacial score (nSPS) is 21.1. The maximum Gasteiger partial charge on any atom is 0.249 e. The molecule has 1 aromatic heterocycles. The lowest BCUT2D eigenvalue weighted by Crippen LogP contribution is -2.52. The number of ether oxygens (including phenoxy) is 1. The van der Waals surface area contributed by atoms with E-state index in [9.17, 15) is 18.7 Å². The third-order valence-electron chi connectivity index (χ3n) is 5.41. The summed E-state index contributed by atoms with van der Waals surface area (Å²) in [7, 11) is 1.70. The molecule has 192 valence electrons. The standard InChI is InChI=1S/C20H23F2N5O3.2CH4.2H2S/c1-9-16-18(27(3)17(10(2)28)19(29)25-16)26-20(23-9)24-12-7-13(8-12)30-15-5-4-11(21)6-14(15)22;;;;/h4-6,10,12-13,17,28H,7-8H2,1-3H3,(H,25,29)(H,23,24,26);2*1H4;2*1H2/t10-,12?,13?,17-;;;;/m0..../s1. The first-order chi connectivity index (χ1) is 14.2. The van der Waals surface area contributed by atoms with Crippen molar-refractivity contribution in [3.63, 3.8) is 0 Å². The van der Waals surface area contributed by atoms with Crippen molar-refractivity contribution in [3.8, 4) is 5.75 Å². The SMILES string of the molecule is C.C.Cc1nc(NC2CC(Oc3ccc(F)cc3F)C2)nc2c1NC(=O)[C@H]([C@H](C)O)N2C.S.S. The number of hydrogen-bond donors (Lipinski definition) is 3. The molecule has 0 saturated heterocycles. The van der Waals surface area contributed by atoms with Crippen LogP contribution in [0, 0.1) is 18.6 Å². The van der Waals surface area contributed by atoms with Crippen molar-refractivity contribution in [1.82, 2.24) is 9.97 Å². The number of halogens is 2. The number of carbonyl (C=O) groups is 1. The topological polar surface area (TPSA) is 99.6 Å². The number of carbonyl (C=O) groups excluding carboxylic acids is 1. The van der Waals surface area contributed by atoms with Crippen molar-refractivity contribution < 1.29 is 23.4 Å². The van der Waals surface area contributed by atoms with E-state index in [-0.39, 0.29) is 65.6 Å². The molecular weight excluding hydrogens is 484 g/mol. The van der Waals surface area contributed by atoms with Gasteiger partial charge in [0.25, 0.3) is 0 Å². The van der Waals surface area contributed by atoms with Crippen LogP contribution in [0.25, 0.3) is 0 Å². The summed E-state index contributed by atoms with van der Waals surface area (Å²) >= 11 is 0. The van der Waals surface area contributed by atoms with E-state index in [1.165, 1.54) is 6.07 Å². The Morgan fingerprint density at radius 2 is 1.88 bits per heavy atom. The van der Waals surface area contributed by atoms with Crippen molar-refractivity contribution in [2.24, 2.45) is 0 Å². The highest BCUT2D eigenvalue weighted by atomic mass is 32.1. The number of amides is 1. The van der Waals surface area contributed by atoms with E-state index in [4.69, 9.17) is 4.74 Å². The van der Waals surface area contributed by atoms with Crippen LogP contribution in [-0.2, 0) is 4.79 Å². The molecule has 1 aromatic carbocycles. The van der Waals surface area contributed by atoms with Crippen LogP contribution in [0.5, 0.6) is 5.75 Å². The number of anilines is 3. The minimum Gasteiger partial charge on any atom is -0.487 e. The molecule has 4 rings (SSSR count). The van der Waals surface area contributed by atoms with Crippen LogP contribution in [0.1, 0.15) is 40.3 Å². The van der Waals surface area contributed by atoms with Crippen LogP contribution in [0.2, 0.25) is 0 Å². The van der Waals surface area contributed by atoms with Gasteiger partial charge in [-0.05, 0) is 26.0 Å². The Morgan fingerprint density at radius 3 is 2.47 bits per heavy atom. The Hall–Kier alpha value is -2.31. The molecule has 0 unspecified atom stereocenters. The molecule has 1 saturated carbocycles. The maximum atomic E-state index is 13.7. The number of fused-ring (bicyclic) bond motifs is 1. The van der Waals surface area contributed by atoms with E-state index in [0.29, 0.717) is 36.0 Å². The van der Waals surface area contributed by atoms with Crippen molar-refractivity contribution in [1.29, 1.82) is 0 Å². The first-order valence-corrected chi connectivity index (χ1v) is 9.71. The second kappa shape index (κ2) is 12.4. The quantitative estimate of drug-likeness (QED) is 0.554. The molecular formula is C22H35F2N5O3S2. The van der Waals surface area contributed by atoms with Crippen molar-refractivity contribution >= 4 is 50.4 Å². The van der Waals surface area contributed by atoms with Crippen LogP contribution >= 0.6 is 27.0 Å². The first-order valence-electron chi connectivity index (χ1n) is 9.71. The predicted molar refractivity (Wildman–Crippen MR) is 141 cm³/mol. The van der Waals surface area contributed by atoms with Crippen LogP contribution in [0.4, 0.5) is 26.2 Å². The summed E-state index contributed by atoms with van der Waals surface area (Å²) < 4.78 is 32.3. The van der Waals surface area contributed by atoms with E-state index in [2.05, 4.69) is 20.6 Å². The van der Waals surface area contributed by atoms with Gasteiger partial charge in [-0.3, -0.25) is 4.79 Å². The zero-order valence-electron chi connectivity index (χ0n) is 17.8. The predicted octanol–water partition coefficient (Wildman–Crippen LogP) is 3.72. The fraction of sp³-hybridized carbons (Fsp3) is 0.500. The Kier molecular flexibility index (Phi) is 11.6. The molecule has 8 nitrogen and oxygen atoms in total. The smallest absolute Gasteiger partial charge is 0.249 e. The number of aromatic nitrogens is 2. The molecule has 1 fully saturated rings. The van der Waals surface area contributed by atoms with E-state index in [1.807, 2.05) is 0 Å². The zero-order chi connectivity index (χ0) is 21.6. The van der Waals surface area contributed by atoms with E-state index in [0.717, 1.165) is 12.1 Å². The highest BCUT2D eigenvalue weighted by molar-refractivity contribution is 7.59. The molecule has 2 atom stereocenters. The second-order valence-electron chi connectivity index (χ2n) is 7.74. The number of nitrogens with one attached hydrogen (secondary N) is 2. The number of hydrogen-bond acceptors (Lipinski definition) is 7. The van der Waals surface area contributed by atoms with Gasteiger partial charge in [0.05, 0.1) is 11.8 Å². The van der Waals surface area contributed by atoms with E-state index < -0.39 is 23.8 Å². The van der Waals surface area contributed by atoms with Crippen LogP contribution in [-0.4, -0.2) is 52.3 Å². The first kappa shape index (κ1) is 31.7. The average Bonchev–Trinajstić information content (AvgIpc) is 2.62. The summed E-state index contributed by atoms with van der Waals surface area (Å²) in [6.45, 7) is 3.32. The minimum atomic E-state index is -0.869. The highest BCUT2D eigenvalue weighted by Crippen LogP contribution is 2.34. The Morgan fingerprint density at radius 1 is 1.24 bits per heavy atom. The number of aryl methyl sites for hydroxylation is 1. The molecule has 34 heavy (non-hydrogen) atoms. The largest absolute Gasteiger partial charge is 0.487 e. The van der Waals surface area contributed by atoms with Gasteiger partial charge in [-0.1, -0.05) is 14.9 Å². The highest BCUT2D eigenvalue weighted by Gasteiger charge is 2.37.